The normalized spacial score (nSPS) is 11.8. The highest BCUT2D eigenvalue weighted by atomic mass is 19.4. The van der Waals surface area contributed by atoms with E-state index >= 15 is 0 Å². The molecule has 0 fully saturated rings. The number of carbonyl (C=O) groups excluding carboxylic acids is 2. The van der Waals surface area contributed by atoms with Gasteiger partial charge in [0, 0.05) is 23.2 Å². The highest BCUT2D eigenvalue weighted by Crippen LogP contribution is 2.16. The largest absolute Gasteiger partial charge is 0.522 e. The SMILES string of the molecule is NCC(NC(=O)c1ccc(C#Cc2ccc(CCOC(F)(F)F)cc2)cc1)C(=O)NO. The fourth-order valence-electron chi connectivity index (χ4n) is 2.44. The lowest BCUT2D eigenvalue weighted by Crippen LogP contribution is -2.50. The second-order valence-electron chi connectivity index (χ2n) is 6.31. The standard InChI is InChI=1S/C21H20F3N3O4/c22-21(23,24)31-12-11-16-5-3-14(4-6-16)1-2-15-7-9-17(10-8-15)19(28)26-18(13-25)20(29)27-30/h3-10,18,30H,11-13,25H2,(H,26,28)(H,27,29). The van der Waals surface area contributed by atoms with Crippen LogP contribution in [0, 0.1) is 11.8 Å². The average Bonchev–Trinajstić information content (AvgIpc) is 2.75. The predicted molar refractivity (Wildman–Crippen MR) is 105 cm³/mol. The number of ether oxygens (including phenoxy) is 1. The third-order valence-electron chi connectivity index (χ3n) is 4.08. The quantitative estimate of drug-likeness (QED) is 0.301. The molecule has 0 radical (unpaired) electrons. The first-order chi connectivity index (χ1) is 14.7. The first-order valence-corrected chi connectivity index (χ1v) is 9.08. The van der Waals surface area contributed by atoms with Gasteiger partial charge < -0.3 is 11.1 Å². The van der Waals surface area contributed by atoms with E-state index in [1.54, 1.807) is 36.4 Å². The van der Waals surface area contributed by atoms with Crippen LogP contribution in [0.5, 0.6) is 0 Å². The van der Waals surface area contributed by atoms with Crippen molar-refractivity contribution in [2.45, 2.75) is 18.8 Å². The van der Waals surface area contributed by atoms with Crippen molar-refractivity contribution in [2.24, 2.45) is 5.73 Å². The van der Waals surface area contributed by atoms with Crippen LogP contribution in [0.15, 0.2) is 48.5 Å². The number of hydrogen-bond donors (Lipinski definition) is 4. The fraction of sp³-hybridized carbons (Fsp3) is 0.238. The second-order valence-corrected chi connectivity index (χ2v) is 6.31. The Bertz CT molecular complexity index is 949. The Labute approximate surface area is 176 Å². The number of benzene rings is 2. The van der Waals surface area contributed by atoms with Gasteiger partial charge in [-0.3, -0.25) is 19.5 Å². The van der Waals surface area contributed by atoms with Crippen molar-refractivity contribution >= 4 is 11.8 Å². The van der Waals surface area contributed by atoms with E-state index in [9.17, 15) is 22.8 Å². The third kappa shape index (κ3) is 8.10. The molecule has 0 aliphatic rings. The van der Waals surface area contributed by atoms with E-state index in [2.05, 4.69) is 21.9 Å². The van der Waals surface area contributed by atoms with Crippen LogP contribution in [0.4, 0.5) is 13.2 Å². The zero-order chi connectivity index (χ0) is 22.9. The molecule has 0 heterocycles. The van der Waals surface area contributed by atoms with Crippen LogP contribution in [-0.2, 0) is 16.0 Å². The second kappa shape index (κ2) is 11.1. The number of amides is 2. The smallest absolute Gasteiger partial charge is 0.339 e. The molecule has 0 aromatic heterocycles. The van der Waals surface area contributed by atoms with E-state index < -0.39 is 30.8 Å². The fourth-order valence-corrected chi connectivity index (χ4v) is 2.44. The Hall–Kier alpha value is -3.39. The van der Waals surface area contributed by atoms with E-state index in [0.717, 1.165) is 0 Å². The maximum Gasteiger partial charge on any atom is 0.522 e. The molecule has 164 valence electrons. The van der Waals surface area contributed by atoms with Gasteiger partial charge in [0.05, 0.1) is 6.61 Å². The molecule has 0 aliphatic heterocycles. The van der Waals surface area contributed by atoms with E-state index in [4.69, 9.17) is 10.9 Å². The molecule has 1 unspecified atom stereocenters. The van der Waals surface area contributed by atoms with Gasteiger partial charge in [0.2, 0.25) is 0 Å². The summed E-state index contributed by atoms with van der Waals surface area (Å²) in [7, 11) is 0. The predicted octanol–water partition coefficient (Wildman–Crippen LogP) is 1.73. The van der Waals surface area contributed by atoms with Crippen LogP contribution < -0.4 is 16.5 Å². The Kier molecular flexibility index (Phi) is 8.57. The first-order valence-electron chi connectivity index (χ1n) is 9.08. The first kappa shape index (κ1) is 23.9. The molecule has 0 aliphatic carbocycles. The van der Waals surface area contributed by atoms with Gasteiger partial charge in [-0.05, 0) is 48.4 Å². The van der Waals surface area contributed by atoms with Crippen molar-refractivity contribution in [3.8, 4) is 11.8 Å². The molecule has 5 N–H and O–H groups in total. The molecule has 7 nitrogen and oxygen atoms in total. The maximum atomic E-state index is 12.2. The van der Waals surface area contributed by atoms with Crippen molar-refractivity contribution in [3.05, 3.63) is 70.8 Å². The number of nitrogens with two attached hydrogens (primary N) is 1. The molecule has 0 bridgehead atoms. The molecule has 2 aromatic carbocycles. The molecule has 2 rings (SSSR count). The van der Waals surface area contributed by atoms with Gasteiger partial charge in [0.1, 0.15) is 6.04 Å². The summed E-state index contributed by atoms with van der Waals surface area (Å²) in [5, 5.41) is 11.0. The summed E-state index contributed by atoms with van der Waals surface area (Å²) in [5.41, 5.74) is 9.08. The topological polar surface area (TPSA) is 114 Å². The summed E-state index contributed by atoms with van der Waals surface area (Å²) in [4.78, 5) is 23.5. The van der Waals surface area contributed by atoms with Crippen molar-refractivity contribution in [1.29, 1.82) is 0 Å². The minimum Gasteiger partial charge on any atom is -0.339 e. The number of carbonyl (C=O) groups is 2. The van der Waals surface area contributed by atoms with E-state index in [1.165, 1.54) is 17.6 Å². The summed E-state index contributed by atoms with van der Waals surface area (Å²) in [6.45, 7) is -0.638. The van der Waals surface area contributed by atoms with E-state index in [-0.39, 0.29) is 18.5 Å². The van der Waals surface area contributed by atoms with Gasteiger partial charge in [0.25, 0.3) is 11.8 Å². The Morgan fingerprint density at radius 3 is 2.06 bits per heavy atom. The Morgan fingerprint density at radius 1 is 1.03 bits per heavy atom. The highest BCUT2D eigenvalue weighted by Gasteiger charge is 2.28. The zero-order valence-corrected chi connectivity index (χ0v) is 16.2. The van der Waals surface area contributed by atoms with Crippen LogP contribution >= 0.6 is 0 Å². The molecular weight excluding hydrogens is 415 g/mol. The lowest BCUT2D eigenvalue weighted by atomic mass is 10.1. The van der Waals surface area contributed by atoms with Crippen LogP contribution in [0.1, 0.15) is 27.0 Å². The van der Waals surface area contributed by atoms with Crippen LogP contribution in [0.3, 0.4) is 0 Å². The van der Waals surface area contributed by atoms with Crippen LogP contribution in [0.25, 0.3) is 0 Å². The molecular formula is C21H20F3N3O4. The average molecular weight is 435 g/mol. The van der Waals surface area contributed by atoms with Crippen molar-refractivity contribution in [1.82, 2.24) is 10.8 Å². The molecule has 10 heteroatoms. The van der Waals surface area contributed by atoms with Gasteiger partial charge >= 0.3 is 6.36 Å². The number of hydroxylamine groups is 1. The minimum absolute atomic E-state index is 0.127. The number of halogens is 3. The van der Waals surface area contributed by atoms with Gasteiger partial charge in [0.15, 0.2) is 0 Å². The third-order valence-corrected chi connectivity index (χ3v) is 4.08. The molecule has 1 atom stereocenters. The number of alkyl halides is 3. The monoisotopic (exact) mass is 435 g/mol. The Balaban J connectivity index is 1.95. The summed E-state index contributed by atoms with van der Waals surface area (Å²) in [5.74, 6) is 4.48. The van der Waals surface area contributed by atoms with Gasteiger partial charge in [-0.1, -0.05) is 24.0 Å². The summed E-state index contributed by atoms with van der Waals surface area (Å²) >= 11 is 0. The van der Waals surface area contributed by atoms with Gasteiger partial charge in [-0.2, -0.15) is 0 Å². The summed E-state index contributed by atoms with van der Waals surface area (Å²) in [6, 6.07) is 11.9. The van der Waals surface area contributed by atoms with Gasteiger partial charge in [-0.25, -0.2) is 5.48 Å². The van der Waals surface area contributed by atoms with E-state index in [1.807, 2.05) is 0 Å². The van der Waals surface area contributed by atoms with Crippen LogP contribution in [0.2, 0.25) is 0 Å². The molecule has 2 aromatic rings. The molecule has 0 spiro atoms. The van der Waals surface area contributed by atoms with Gasteiger partial charge in [-0.15, -0.1) is 13.2 Å². The molecule has 31 heavy (non-hydrogen) atoms. The van der Waals surface area contributed by atoms with Crippen LogP contribution in [-0.4, -0.2) is 42.6 Å². The Morgan fingerprint density at radius 2 is 1.58 bits per heavy atom. The molecule has 2 amide bonds. The molecule has 0 saturated carbocycles. The lowest BCUT2D eigenvalue weighted by molar-refractivity contribution is -0.324. The zero-order valence-electron chi connectivity index (χ0n) is 16.2. The van der Waals surface area contributed by atoms with Crippen molar-refractivity contribution < 1.29 is 32.7 Å². The minimum atomic E-state index is -4.64. The summed E-state index contributed by atoms with van der Waals surface area (Å²) < 4.78 is 39.7. The lowest BCUT2D eigenvalue weighted by Gasteiger charge is -2.14. The number of hydrogen-bond acceptors (Lipinski definition) is 5. The maximum absolute atomic E-state index is 12.2. The molecule has 0 saturated heterocycles. The van der Waals surface area contributed by atoms with Crippen molar-refractivity contribution in [3.63, 3.8) is 0 Å². The van der Waals surface area contributed by atoms with E-state index in [0.29, 0.717) is 16.7 Å². The summed E-state index contributed by atoms with van der Waals surface area (Å²) in [6.07, 6.45) is -4.51. The number of rotatable bonds is 7. The number of nitrogens with one attached hydrogen (secondary N) is 2. The van der Waals surface area contributed by atoms with Crippen molar-refractivity contribution in [2.75, 3.05) is 13.2 Å². The highest BCUT2D eigenvalue weighted by molar-refractivity contribution is 5.97.